The van der Waals surface area contributed by atoms with Crippen LogP contribution in [0.4, 0.5) is 10.1 Å². The van der Waals surface area contributed by atoms with E-state index in [0.717, 1.165) is 0 Å². The van der Waals surface area contributed by atoms with Gasteiger partial charge in [-0.1, -0.05) is 12.1 Å². The van der Waals surface area contributed by atoms with Crippen molar-refractivity contribution in [2.75, 3.05) is 24.6 Å². The van der Waals surface area contributed by atoms with Gasteiger partial charge >= 0.3 is 0 Å². The summed E-state index contributed by atoms with van der Waals surface area (Å²) in [5.74, 6) is 0.195. The van der Waals surface area contributed by atoms with Gasteiger partial charge in [-0.25, -0.2) is 4.39 Å². The van der Waals surface area contributed by atoms with E-state index in [2.05, 4.69) is 5.32 Å². The second-order valence-electron chi connectivity index (χ2n) is 5.80. The molecule has 1 N–H and O–H groups in total. The number of carbonyl (C=O) groups excluding carboxylic acids is 2. The van der Waals surface area contributed by atoms with Crippen LogP contribution in [0.25, 0.3) is 0 Å². The number of para-hydroxylation sites is 2. The first kappa shape index (κ1) is 17.7. The lowest BCUT2D eigenvalue weighted by molar-refractivity contribution is -0.128. The second kappa shape index (κ2) is 7.86. The van der Waals surface area contributed by atoms with Crippen molar-refractivity contribution < 1.29 is 23.5 Å². The Kier molecular flexibility index (Phi) is 5.36. The molecule has 0 spiro atoms. The van der Waals surface area contributed by atoms with Gasteiger partial charge in [0.05, 0.1) is 12.2 Å². The number of amides is 2. The van der Waals surface area contributed by atoms with Crippen LogP contribution in [0.2, 0.25) is 0 Å². The molecule has 2 amide bonds. The highest BCUT2D eigenvalue weighted by atomic mass is 19.1. The number of hydrogen-bond acceptors (Lipinski definition) is 4. The molecule has 1 heterocycles. The van der Waals surface area contributed by atoms with E-state index in [-0.39, 0.29) is 37.3 Å². The third kappa shape index (κ3) is 4.11. The van der Waals surface area contributed by atoms with Crippen LogP contribution in [-0.4, -0.2) is 37.6 Å². The predicted octanol–water partition coefficient (Wildman–Crippen LogP) is 2.13. The number of nitrogens with zero attached hydrogens (tertiary/aromatic N) is 1. The smallest absolute Gasteiger partial charge is 0.268 e. The number of fused-ring (bicyclic) bond motifs is 1. The van der Waals surface area contributed by atoms with Crippen molar-refractivity contribution in [1.82, 2.24) is 5.32 Å². The first-order valence-electron chi connectivity index (χ1n) is 8.27. The third-order valence-corrected chi connectivity index (χ3v) is 3.88. The Morgan fingerprint density at radius 2 is 1.96 bits per heavy atom. The number of halogens is 1. The number of ether oxygens (including phenoxy) is 2. The van der Waals surface area contributed by atoms with Gasteiger partial charge in [0.1, 0.15) is 30.5 Å². The summed E-state index contributed by atoms with van der Waals surface area (Å²) in [4.78, 5) is 25.9. The molecule has 0 aromatic heterocycles. The standard InChI is InChI=1S/C19H19FN2O4/c1-13-19(24)22(16-4-2-3-5-17(16)26-13)12-18(23)21-10-11-25-15-8-6-14(20)7-9-15/h2-9,13H,10-12H2,1H3,(H,21,23). The number of hydrogen-bond donors (Lipinski definition) is 1. The Bertz CT molecular complexity index is 794. The first-order chi connectivity index (χ1) is 12.5. The lowest BCUT2D eigenvalue weighted by Crippen LogP contribution is -2.49. The monoisotopic (exact) mass is 358 g/mol. The molecular formula is C19H19FN2O4. The first-order valence-corrected chi connectivity index (χ1v) is 8.27. The summed E-state index contributed by atoms with van der Waals surface area (Å²) in [6, 6.07) is 12.7. The zero-order valence-electron chi connectivity index (χ0n) is 14.3. The minimum absolute atomic E-state index is 0.0971. The van der Waals surface area contributed by atoms with Crippen LogP contribution >= 0.6 is 0 Å². The third-order valence-electron chi connectivity index (χ3n) is 3.88. The molecule has 0 bridgehead atoms. The fourth-order valence-electron chi connectivity index (χ4n) is 2.61. The second-order valence-corrected chi connectivity index (χ2v) is 5.80. The van der Waals surface area contributed by atoms with E-state index in [4.69, 9.17) is 9.47 Å². The maximum absolute atomic E-state index is 12.8. The van der Waals surface area contributed by atoms with E-state index >= 15 is 0 Å². The van der Waals surface area contributed by atoms with Gasteiger partial charge in [-0.2, -0.15) is 0 Å². The Hall–Kier alpha value is -3.09. The van der Waals surface area contributed by atoms with E-state index in [0.29, 0.717) is 17.2 Å². The molecule has 1 aliphatic rings. The van der Waals surface area contributed by atoms with Gasteiger partial charge in [-0.05, 0) is 43.3 Å². The Balaban J connectivity index is 1.51. The Morgan fingerprint density at radius 3 is 2.73 bits per heavy atom. The quantitative estimate of drug-likeness (QED) is 0.804. The normalized spacial score (nSPS) is 15.8. The van der Waals surface area contributed by atoms with Gasteiger partial charge < -0.3 is 14.8 Å². The molecule has 1 unspecified atom stereocenters. The fourth-order valence-corrected chi connectivity index (χ4v) is 2.61. The van der Waals surface area contributed by atoms with Gasteiger partial charge in [0.2, 0.25) is 5.91 Å². The van der Waals surface area contributed by atoms with Crippen molar-refractivity contribution in [3.8, 4) is 11.5 Å². The molecule has 6 nitrogen and oxygen atoms in total. The molecule has 2 aromatic carbocycles. The van der Waals surface area contributed by atoms with Crippen LogP contribution in [0.1, 0.15) is 6.92 Å². The molecule has 3 rings (SSSR count). The molecule has 0 radical (unpaired) electrons. The lowest BCUT2D eigenvalue weighted by Gasteiger charge is -2.32. The van der Waals surface area contributed by atoms with Crippen LogP contribution < -0.4 is 19.7 Å². The minimum atomic E-state index is -0.639. The van der Waals surface area contributed by atoms with E-state index in [1.54, 1.807) is 25.1 Å². The molecule has 1 atom stereocenters. The molecule has 0 saturated heterocycles. The lowest BCUT2D eigenvalue weighted by atomic mass is 10.2. The van der Waals surface area contributed by atoms with E-state index in [1.165, 1.54) is 29.2 Å². The number of rotatable bonds is 6. The maximum atomic E-state index is 12.8. The average molecular weight is 358 g/mol. The summed E-state index contributed by atoms with van der Waals surface area (Å²) >= 11 is 0. The van der Waals surface area contributed by atoms with Crippen LogP contribution in [0.15, 0.2) is 48.5 Å². The number of carbonyl (C=O) groups is 2. The molecule has 136 valence electrons. The highest BCUT2D eigenvalue weighted by molar-refractivity contribution is 6.03. The van der Waals surface area contributed by atoms with Gasteiger partial charge in [0, 0.05) is 0 Å². The van der Waals surface area contributed by atoms with Gasteiger partial charge in [-0.3, -0.25) is 14.5 Å². The molecule has 26 heavy (non-hydrogen) atoms. The molecule has 2 aromatic rings. The highest BCUT2D eigenvalue weighted by Gasteiger charge is 2.32. The summed E-state index contributed by atoms with van der Waals surface area (Å²) in [5, 5.41) is 2.71. The topological polar surface area (TPSA) is 67.9 Å². The minimum Gasteiger partial charge on any atom is -0.492 e. The summed E-state index contributed by atoms with van der Waals surface area (Å²) in [6.07, 6.45) is -0.639. The molecule has 0 fully saturated rings. The molecule has 1 aliphatic heterocycles. The molecule has 0 aliphatic carbocycles. The van der Waals surface area contributed by atoms with Gasteiger partial charge in [-0.15, -0.1) is 0 Å². The Morgan fingerprint density at radius 1 is 1.23 bits per heavy atom. The fraction of sp³-hybridized carbons (Fsp3) is 0.263. The molecule has 7 heteroatoms. The number of benzene rings is 2. The summed E-state index contributed by atoms with van der Waals surface area (Å²) in [5.41, 5.74) is 0.577. The van der Waals surface area contributed by atoms with Crippen LogP contribution in [-0.2, 0) is 9.59 Å². The van der Waals surface area contributed by atoms with Crippen LogP contribution in [0.5, 0.6) is 11.5 Å². The predicted molar refractivity (Wildman–Crippen MR) is 93.8 cm³/mol. The van der Waals surface area contributed by atoms with Gasteiger partial charge in [0.25, 0.3) is 5.91 Å². The highest BCUT2D eigenvalue weighted by Crippen LogP contribution is 2.33. The summed E-state index contributed by atoms with van der Waals surface area (Å²) < 4.78 is 23.8. The van der Waals surface area contributed by atoms with Crippen molar-refractivity contribution in [2.24, 2.45) is 0 Å². The van der Waals surface area contributed by atoms with E-state index in [9.17, 15) is 14.0 Å². The summed E-state index contributed by atoms with van der Waals surface area (Å²) in [6.45, 7) is 2.06. The molecular weight excluding hydrogens is 339 g/mol. The van der Waals surface area contributed by atoms with E-state index in [1.807, 2.05) is 6.07 Å². The largest absolute Gasteiger partial charge is 0.492 e. The SMILES string of the molecule is CC1Oc2ccccc2N(CC(=O)NCCOc2ccc(F)cc2)C1=O. The van der Waals surface area contributed by atoms with Crippen molar-refractivity contribution in [1.29, 1.82) is 0 Å². The average Bonchev–Trinajstić information content (AvgIpc) is 2.64. The number of anilines is 1. The zero-order chi connectivity index (χ0) is 18.5. The summed E-state index contributed by atoms with van der Waals surface area (Å²) in [7, 11) is 0. The number of nitrogens with one attached hydrogen (secondary N) is 1. The molecule has 0 saturated carbocycles. The van der Waals surface area contributed by atoms with Crippen LogP contribution in [0.3, 0.4) is 0 Å². The van der Waals surface area contributed by atoms with Crippen molar-refractivity contribution in [2.45, 2.75) is 13.0 Å². The maximum Gasteiger partial charge on any atom is 0.268 e. The van der Waals surface area contributed by atoms with Crippen molar-refractivity contribution in [3.63, 3.8) is 0 Å². The van der Waals surface area contributed by atoms with Crippen molar-refractivity contribution in [3.05, 3.63) is 54.3 Å². The zero-order valence-corrected chi connectivity index (χ0v) is 14.3. The van der Waals surface area contributed by atoms with Crippen molar-refractivity contribution >= 4 is 17.5 Å². The van der Waals surface area contributed by atoms with E-state index < -0.39 is 6.10 Å². The van der Waals surface area contributed by atoms with Crippen LogP contribution in [0, 0.1) is 5.82 Å². The van der Waals surface area contributed by atoms with Gasteiger partial charge in [0.15, 0.2) is 6.10 Å². The Labute approximate surface area is 150 Å².